The molecule has 0 unspecified atom stereocenters. The number of hydrogen-bond donors (Lipinski definition) is 1. The van der Waals surface area contributed by atoms with Crippen molar-refractivity contribution in [2.45, 2.75) is 65.1 Å². The van der Waals surface area contributed by atoms with Gasteiger partial charge in [-0.2, -0.15) is 4.98 Å². The summed E-state index contributed by atoms with van der Waals surface area (Å²) in [6, 6.07) is 9.97. The average molecular weight is 570 g/mol. The number of benzene rings is 1. The maximum atomic E-state index is 13.3. The first-order valence-corrected chi connectivity index (χ1v) is 14.9. The summed E-state index contributed by atoms with van der Waals surface area (Å²) in [7, 11) is 0. The fourth-order valence-electron chi connectivity index (χ4n) is 6.30. The van der Waals surface area contributed by atoms with E-state index >= 15 is 0 Å². The molecule has 0 saturated carbocycles. The summed E-state index contributed by atoms with van der Waals surface area (Å²) in [5.74, 6) is 0.776. The van der Waals surface area contributed by atoms with Crippen LogP contribution in [-0.2, 0) is 6.54 Å². The second-order valence-corrected chi connectivity index (χ2v) is 11.6. The Labute approximate surface area is 245 Å². The Bertz CT molecular complexity index is 1720. The van der Waals surface area contributed by atoms with Crippen molar-refractivity contribution in [3.8, 4) is 5.82 Å². The Morgan fingerprint density at radius 1 is 1.07 bits per heavy atom. The summed E-state index contributed by atoms with van der Waals surface area (Å²) in [5, 5.41) is 8.22. The van der Waals surface area contributed by atoms with Gasteiger partial charge in [0.1, 0.15) is 5.39 Å². The van der Waals surface area contributed by atoms with Crippen LogP contribution in [0.2, 0.25) is 0 Å². The number of likely N-dealkylation sites (tertiary alicyclic amines) is 1. The van der Waals surface area contributed by atoms with E-state index < -0.39 is 0 Å². The Kier molecular flexibility index (Phi) is 7.68. The second kappa shape index (κ2) is 11.6. The Morgan fingerprint density at radius 2 is 1.83 bits per heavy atom. The summed E-state index contributed by atoms with van der Waals surface area (Å²) >= 11 is 0. The number of allylic oxidation sites excluding steroid dienone is 1. The van der Waals surface area contributed by atoms with Gasteiger partial charge in [0.05, 0.1) is 12.6 Å². The van der Waals surface area contributed by atoms with Crippen LogP contribution >= 0.6 is 0 Å². The molecular weight excluding hydrogens is 530 g/mol. The summed E-state index contributed by atoms with van der Waals surface area (Å²) < 4.78 is 4.52. The minimum Gasteiger partial charge on any atom is -0.371 e. The standard InChI is InChI=1S/C31H39N9O2/c1-5-14-38-30(42)25-20-32-31(34-29(25)40(38)27-10-11-28(41)39(35-27)21(2)3)33-23-8-9-26(22(4)19-23)37-17-12-24(13-18-37)36-15-6-7-16-36/h5,8-11,19-21,24H,1,6-7,12-18H2,2-4H3,(H,32,33,34). The lowest BCUT2D eigenvalue weighted by atomic mass is 10.0. The van der Waals surface area contributed by atoms with E-state index in [-0.39, 0.29) is 23.7 Å². The predicted octanol–water partition coefficient (Wildman–Crippen LogP) is 4.02. The lowest BCUT2D eigenvalue weighted by molar-refractivity contribution is 0.208. The van der Waals surface area contributed by atoms with Gasteiger partial charge in [0, 0.05) is 42.8 Å². The Morgan fingerprint density at radius 3 is 2.52 bits per heavy atom. The van der Waals surface area contributed by atoms with E-state index in [2.05, 4.69) is 56.9 Å². The monoisotopic (exact) mass is 569 g/mol. The van der Waals surface area contributed by atoms with E-state index in [1.165, 1.54) is 71.7 Å². The van der Waals surface area contributed by atoms with Gasteiger partial charge in [0.15, 0.2) is 11.5 Å². The van der Waals surface area contributed by atoms with Crippen LogP contribution in [0.3, 0.4) is 0 Å². The third kappa shape index (κ3) is 5.24. The number of aryl methyl sites for hydroxylation is 1. The molecule has 0 atom stereocenters. The van der Waals surface area contributed by atoms with E-state index in [0.29, 0.717) is 22.8 Å². The van der Waals surface area contributed by atoms with Gasteiger partial charge in [-0.1, -0.05) is 6.08 Å². The summed E-state index contributed by atoms with van der Waals surface area (Å²) in [6.07, 6.45) is 8.28. The molecule has 1 N–H and O–H groups in total. The lowest BCUT2D eigenvalue weighted by Gasteiger charge is -2.38. The molecular formula is C31H39N9O2. The molecule has 0 bridgehead atoms. The van der Waals surface area contributed by atoms with E-state index in [1.54, 1.807) is 16.8 Å². The molecule has 2 fully saturated rings. The summed E-state index contributed by atoms with van der Waals surface area (Å²) in [6.45, 7) is 14.6. The molecule has 5 heterocycles. The van der Waals surface area contributed by atoms with Gasteiger partial charge in [-0.3, -0.25) is 9.59 Å². The summed E-state index contributed by atoms with van der Waals surface area (Å²) in [4.78, 5) is 40.0. The van der Waals surface area contributed by atoms with Crippen molar-refractivity contribution >= 4 is 28.4 Å². The number of fused-ring (bicyclic) bond motifs is 1. The molecule has 6 rings (SSSR count). The molecule has 11 heteroatoms. The van der Waals surface area contributed by atoms with Gasteiger partial charge < -0.3 is 15.1 Å². The zero-order valence-corrected chi connectivity index (χ0v) is 24.7. The van der Waals surface area contributed by atoms with Gasteiger partial charge in [-0.15, -0.1) is 11.7 Å². The van der Waals surface area contributed by atoms with Crippen molar-refractivity contribution in [1.29, 1.82) is 0 Å². The molecule has 0 radical (unpaired) electrons. The zero-order valence-electron chi connectivity index (χ0n) is 24.7. The smallest absolute Gasteiger partial charge is 0.278 e. The van der Waals surface area contributed by atoms with Crippen LogP contribution < -0.4 is 21.3 Å². The van der Waals surface area contributed by atoms with Gasteiger partial charge in [-0.25, -0.2) is 19.0 Å². The predicted molar refractivity (Wildman–Crippen MR) is 166 cm³/mol. The van der Waals surface area contributed by atoms with Gasteiger partial charge in [-0.05, 0) is 89.4 Å². The largest absolute Gasteiger partial charge is 0.371 e. The van der Waals surface area contributed by atoms with E-state index in [9.17, 15) is 9.59 Å². The number of nitrogens with one attached hydrogen (secondary N) is 1. The molecule has 2 aliphatic heterocycles. The number of piperidine rings is 1. The molecule has 1 aromatic carbocycles. The first-order chi connectivity index (χ1) is 20.3. The highest BCUT2D eigenvalue weighted by Gasteiger charge is 2.27. The summed E-state index contributed by atoms with van der Waals surface area (Å²) in [5.41, 5.74) is 3.25. The molecule has 2 aliphatic rings. The number of rotatable bonds is 8. The molecule has 220 valence electrons. The lowest BCUT2D eigenvalue weighted by Crippen LogP contribution is -2.44. The maximum absolute atomic E-state index is 13.3. The fraction of sp³-hybridized carbons (Fsp3) is 0.452. The first kappa shape index (κ1) is 27.9. The molecule has 42 heavy (non-hydrogen) atoms. The maximum Gasteiger partial charge on any atom is 0.278 e. The molecule has 3 aromatic heterocycles. The first-order valence-electron chi connectivity index (χ1n) is 14.9. The highest BCUT2D eigenvalue weighted by molar-refractivity contribution is 5.77. The van der Waals surface area contributed by atoms with Crippen LogP contribution in [0, 0.1) is 6.92 Å². The molecule has 0 aliphatic carbocycles. The third-order valence-electron chi connectivity index (χ3n) is 8.41. The number of hydrogen-bond acceptors (Lipinski definition) is 8. The third-order valence-corrected chi connectivity index (χ3v) is 8.41. The molecule has 0 amide bonds. The Hall–Kier alpha value is -4.25. The van der Waals surface area contributed by atoms with Crippen LogP contribution in [0.5, 0.6) is 0 Å². The second-order valence-electron chi connectivity index (χ2n) is 11.6. The Balaban J connectivity index is 1.27. The van der Waals surface area contributed by atoms with Gasteiger partial charge >= 0.3 is 0 Å². The van der Waals surface area contributed by atoms with Crippen molar-refractivity contribution < 1.29 is 0 Å². The number of anilines is 3. The molecule has 11 nitrogen and oxygen atoms in total. The topological polar surface area (TPSA) is 106 Å². The van der Waals surface area contributed by atoms with Crippen molar-refractivity contribution in [3.63, 3.8) is 0 Å². The highest BCUT2D eigenvalue weighted by Crippen LogP contribution is 2.29. The minimum atomic E-state index is -0.255. The van der Waals surface area contributed by atoms with Crippen LogP contribution in [0.1, 0.15) is 51.1 Å². The van der Waals surface area contributed by atoms with Crippen LogP contribution in [0.15, 0.2) is 58.8 Å². The van der Waals surface area contributed by atoms with Crippen molar-refractivity contribution in [3.05, 3.63) is 75.5 Å². The van der Waals surface area contributed by atoms with E-state index in [0.717, 1.165) is 24.8 Å². The number of aromatic nitrogens is 6. The van der Waals surface area contributed by atoms with E-state index in [4.69, 9.17) is 4.98 Å². The molecule has 4 aromatic rings. The fourth-order valence-corrected chi connectivity index (χ4v) is 6.30. The highest BCUT2D eigenvalue weighted by atomic mass is 16.1. The molecule has 0 spiro atoms. The van der Waals surface area contributed by atoms with Gasteiger partial charge in [0.2, 0.25) is 5.95 Å². The normalized spacial score (nSPS) is 16.5. The van der Waals surface area contributed by atoms with Crippen molar-refractivity contribution in [1.82, 2.24) is 34.0 Å². The van der Waals surface area contributed by atoms with Crippen LogP contribution in [0.25, 0.3) is 16.9 Å². The minimum absolute atomic E-state index is 0.145. The van der Waals surface area contributed by atoms with Crippen molar-refractivity contribution in [2.75, 3.05) is 36.4 Å². The zero-order chi connectivity index (χ0) is 29.4. The number of nitrogens with zero attached hydrogens (tertiary/aromatic N) is 8. The van der Waals surface area contributed by atoms with Crippen LogP contribution in [0.4, 0.5) is 17.3 Å². The SMILES string of the molecule is C=CCn1c(=O)c2cnc(Nc3ccc(N4CCC(N5CCCC5)CC4)c(C)c3)nc2n1-c1ccc(=O)n(C(C)C)n1. The average Bonchev–Trinajstić information content (AvgIpc) is 3.61. The van der Waals surface area contributed by atoms with Gasteiger partial charge in [0.25, 0.3) is 11.1 Å². The van der Waals surface area contributed by atoms with Crippen LogP contribution in [-0.4, -0.2) is 66.2 Å². The quantitative estimate of drug-likeness (QED) is 0.317. The van der Waals surface area contributed by atoms with Crippen molar-refractivity contribution in [2.24, 2.45) is 0 Å². The van der Waals surface area contributed by atoms with E-state index in [1.807, 2.05) is 13.8 Å². The molecule has 2 saturated heterocycles.